The maximum Gasteiger partial charge on any atom is 0.270 e. The van der Waals surface area contributed by atoms with Crippen molar-refractivity contribution in [1.29, 1.82) is 0 Å². The number of fused-ring (bicyclic) bond motifs is 1. The van der Waals surface area contributed by atoms with Gasteiger partial charge in [-0.05, 0) is 49.1 Å². The number of rotatable bonds is 4. The Labute approximate surface area is 197 Å². The molecule has 1 fully saturated rings. The van der Waals surface area contributed by atoms with E-state index < -0.39 is 0 Å². The van der Waals surface area contributed by atoms with Crippen LogP contribution in [0.4, 0.5) is 0 Å². The minimum Gasteiger partial charge on any atom is -0.334 e. The quantitative estimate of drug-likeness (QED) is 0.418. The molecule has 0 spiro atoms. The van der Waals surface area contributed by atoms with Gasteiger partial charge in [-0.2, -0.15) is 0 Å². The average Bonchev–Trinajstić information content (AvgIpc) is 3.45. The lowest BCUT2D eigenvalue weighted by atomic mass is 10.1. The maximum absolute atomic E-state index is 13.7. The zero-order chi connectivity index (χ0) is 22.9. The highest BCUT2D eigenvalue weighted by Crippen LogP contribution is 2.32. The first-order chi connectivity index (χ1) is 16.0. The van der Waals surface area contributed by atoms with Crippen molar-refractivity contribution in [2.45, 2.75) is 25.9 Å². The fourth-order valence-electron chi connectivity index (χ4n) is 4.73. The number of piperazine rings is 1. The standard InChI is InChI=1S/C27H27N3O2S/c1-19-18-28(14-15-29(19)25(31)22-11-7-4-8-12-22)26(32)24-17-23-13-16-33-27(23)30(24)20(2)21-9-5-3-6-10-21/h3-13,16-17,19-20H,14-15,18H2,1-2H3. The molecule has 5 rings (SSSR count). The SMILES string of the molecule is CC1CN(C(=O)c2cc3ccsc3n2C(C)c2ccccc2)CCN1C(=O)c1ccccc1. The summed E-state index contributed by atoms with van der Waals surface area (Å²) in [5.41, 5.74) is 2.57. The summed E-state index contributed by atoms with van der Waals surface area (Å²) in [6, 6.07) is 23.7. The number of thiophene rings is 1. The van der Waals surface area contributed by atoms with Crippen molar-refractivity contribution in [2.75, 3.05) is 19.6 Å². The fraction of sp³-hybridized carbons (Fsp3) is 0.259. The molecule has 0 N–H and O–H groups in total. The Morgan fingerprint density at radius 2 is 1.64 bits per heavy atom. The summed E-state index contributed by atoms with van der Waals surface area (Å²) in [6.45, 7) is 5.75. The van der Waals surface area contributed by atoms with Crippen LogP contribution in [-0.4, -0.2) is 51.9 Å². The van der Waals surface area contributed by atoms with Crippen molar-refractivity contribution in [3.63, 3.8) is 0 Å². The van der Waals surface area contributed by atoms with Crippen LogP contribution in [0.15, 0.2) is 78.2 Å². The van der Waals surface area contributed by atoms with E-state index in [9.17, 15) is 9.59 Å². The van der Waals surface area contributed by atoms with Crippen LogP contribution in [0.1, 0.15) is 46.3 Å². The van der Waals surface area contributed by atoms with E-state index in [2.05, 4.69) is 35.1 Å². The average molecular weight is 458 g/mol. The third-order valence-electron chi connectivity index (χ3n) is 6.53. The molecular weight excluding hydrogens is 430 g/mol. The van der Waals surface area contributed by atoms with Gasteiger partial charge in [-0.25, -0.2) is 0 Å². The molecule has 2 atom stereocenters. The largest absolute Gasteiger partial charge is 0.334 e. The summed E-state index contributed by atoms with van der Waals surface area (Å²) in [4.78, 5) is 31.6. The number of benzene rings is 2. The van der Waals surface area contributed by atoms with E-state index in [-0.39, 0.29) is 23.9 Å². The van der Waals surface area contributed by atoms with Gasteiger partial charge in [0, 0.05) is 36.6 Å². The lowest BCUT2D eigenvalue weighted by Gasteiger charge is -2.40. The van der Waals surface area contributed by atoms with Gasteiger partial charge in [0.05, 0.1) is 6.04 Å². The molecule has 1 saturated heterocycles. The monoisotopic (exact) mass is 457 g/mol. The van der Waals surface area contributed by atoms with Crippen LogP contribution in [0.25, 0.3) is 10.2 Å². The predicted molar refractivity (Wildman–Crippen MR) is 133 cm³/mol. The fourth-order valence-corrected chi connectivity index (χ4v) is 5.70. The molecule has 1 aliphatic rings. The van der Waals surface area contributed by atoms with Gasteiger partial charge in [-0.1, -0.05) is 48.5 Å². The highest BCUT2D eigenvalue weighted by Gasteiger charge is 2.32. The van der Waals surface area contributed by atoms with E-state index in [1.807, 2.05) is 71.3 Å². The van der Waals surface area contributed by atoms with E-state index in [0.29, 0.717) is 30.9 Å². The molecule has 33 heavy (non-hydrogen) atoms. The van der Waals surface area contributed by atoms with Crippen molar-refractivity contribution < 1.29 is 9.59 Å². The van der Waals surface area contributed by atoms with Crippen LogP contribution in [-0.2, 0) is 0 Å². The van der Waals surface area contributed by atoms with Crippen molar-refractivity contribution in [1.82, 2.24) is 14.4 Å². The maximum atomic E-state index is 13.7. The number of amides is 2. The summed E-state index contributed by atoms with van der Waals surface area (Å²) in [5.74, 6) is 0.0524. The zero-order valence-electron chi connectivity index (χ0n) is 18.8. The second-order valence-corrected chi connectivity index (χ2v) is 9.53. The van der Waals surface area contributed by atoms with Gasteiger partial charge in [0.2, 0.25) is 0 Å². The van der Waals surface area contributed by atoms with Crippen molar-refractivity contribution in [2.24, 2.45) is 0 Å². The molecule has 1 aliphatic heterocycles. The third-order valence-corrected chi connectivity index (χ3v) is 7.46. The normalized spacial score (nSPS) is 17.3. The van der Waals surface area contributed by atoms with E-state index in [1.54, 1.807) is 11.3 Å². The van der Waals surface area contributed by atoms with Crippen molar-refractivity contribution >= 4 is 33.4 Å². The Balaban J connectivity index is 1.40. The van der Waals surface area contributed by atoms with E-state index in [1.165, 1.54) is 5.56 Å². The molecule has 0 bridgehead atoms. The van der Waals surface area contributed by atoms with Crippen LogP contribution in [0, 0.1) is 0 Å². The van der Waals surface area contributed by atoms with E-state index >= 15 is 0 Å². The molecule has 0 radical (unpaired) electrons. The molecule has 4 aromatic rings. The molecule has 2 amide bonds. The second-order valence-electron chi connectivity index (χ2n) is 8.63. The van der Waals surface area contributed by atoms with Crippen molar-refractivity contribution in [3.05, 3.63) is 95.0 Å². The third kappa shape index (κ3) is 3.95. The minimum atomic E-state index is -0.0496. The predicted octanol–water partition coefficient (Wildman–Crippen LogP) is 5.30. The Morgan fingerprint density at radius 3 is 2.33 bits per heavy atom. The van der Waals surface area contributed by atoms with Crippen LogP contribution >= 0.6 is 11.3 Å². The van der Waals surface area contributed by atoms with E-state index in [4.69, 9.17) is 0 Å². The highest BCUT2D eigenvalue weighted by atomic mass is 32.1. The van der Waals surface area contributed by atoms with Gasteiger partial charge in [0.25, 0.3) is 11.8 Å². The molecule has 6 heteroatoms. The summed E-state index contributed by atoms with van der Waals surface area (Å²) >= 11 is 1.66. The lowest BCUT2D eigenvalue weighted by Crippen LogP contribution is -2.55. The van der Waals surface area contributed by atoms with Crippen LogP contribution in [0.5, 0.6) is 0 Å². The van der Waals surface area contributed by atoms with Gasteiger partial charge in [-0.15, -0.1) is 11.3 Å². The summed E-state index contributed by atoms with van der Waals surface area (Å²) in [6.07, 6.45) is 0. The minimum absolute atomic E-state index is 0.0248. The molecule has 5 nitrogen and oxygen atoms in total. The molecule has 0 aliphatic carbocycles. The van der Waals surface area contributed by atoms with Crippen LogP contribution in [0.2, 0.25) is 0 Å². The Bertz CT molecular complexity index is 1280. The van der Waals surface area contributed by atoms with E-state index in [0.717, 1.165) is 10.2 Å². The smallest absolute Gasteiger partial charge is 0.270 e. The molecule has 2 aromatic heterocycles. The zero-order valence-corrected chi connectivity index (χ0v) is 19.7. The molecule has 168 valence electrons. The molecule has 0 saturated carbocycles. The van der Waals surface area contributed by atoms with Crippen LogP contribution in [0.3, 0.4) is 0 Å². The van der Waals surface area contributed by atoms with Gasteiger partial charge >= 0.3 is 0 Å². The second kappa shape index (κ2) is 8.87. The summed E-state index contributed by atoms with van der Waals surface area (Å²) < 4.78 is 2.17. The number of nitrogens with zero attached hydrogens (tertiary/aromatic N) is 3. The Kier molecular flexibility index (Phi) is 5.77. The number of hydrogen-bond donors (Lipinski definition) is 0. The first-order valence-corrected chi connectivity index (χ1v) is 12.2. The molecular formula is C27H27N3O2S. The Morgan fingerprint density at radius 1 is 0.939 bits per heavy atom. The van der Waals surface area contributed by atoms with Gasteiger partial charge in [0.15, 0.2) is 0 Å². The summed E-state index contributed by atoms with van der Waals surface area (Å²) in [5, 5.41) is 3.17. The first-order valence-electron chi connectivity index (χ1n) is 11.3. The van der Waals surface area contributed by atoms with Crippen LogP contribution < -0.4 is 0 Å². The Hall–Kier alpha value is -3.38. The number of carbonyl (C=O) groups excluding carboxylic acids is 2. The summed E-state index contributed by atoms with van der Waals surface area (Å²) in [7, 11) is 0. The highest BCUT2D eigenvalue weighted by molar-refractivity contribution is 7.16. The van der Waals surface area contributed by atoms with Crippen molar-refractivity contribution in [3.8, 4) is 0 Å². The van der Waals surface area contributed by atoms with Gasteiger partial charge in [-0.3, -0.25) is 9.59 Å². The number of aromatic nitrogens is 1. The topological polar surface area (TPSA) is 45.6 Å². The van der Waals surface area contributed by atoms with Gasteiger partial charge in [0.1, 0.15) is 10.5 Å². The molecule has 2 aromatic carbocycles. The lowest BCUT2D eigenvalue weighted by molar-refractivity contribution is 0.0409. The number of carbonyl (C=O) groups is 2. The van der Waals surface area contributed by atoms with Gasteiger partial charge < -0.3 is 14.4 Å². The first kappa shape index (κ1) is 21.5. The number of hydrogen-bond acceptors (Lipinski definition) is 3. The molecule has 2 unspecified atom stereocenters. The molecule has 3 heterocycles.